The summed E-state index contributed by atoms with van der Waals surface area (Å²) in [6.07, 6.45) is 3.13. The smallest absolute Gasteiger partial charge is 0.191 e. The number of likely N-dealkylation sites (N-methyl/N-ethyl adjacent to an activating group) is 1. The van der Waals surface area contributed by atoms with Gasteiger partial charge in [-0.15, -0.1) is 0 Å². The van der Waals surface area contributed by atoms with Crippen LogP contribution in [-0.4, -0.2) is 70.5 Å². The molecule has 0 radical (unpaired) electrons. The van der Waals surface area contributed by atoms with Crippen LogP contribution in [0, 0.1) is 0 Å². The van der Waals surface area contributed by atoms with Crippen LogP contribution in [0.3, 0.4) is 0 Å². The summed E-state index contributed by atoms with van der Waals surface area (Å²) in [6, 6.07) is 10.3. The topological polar surface area (TPSA) is 58.1 Å². The molecular weight excluding hydrogens is 340 g/mol. The lowest BCUT2D eigenvalue weighted by Gasteiger charge is -2.43. The van der Waals surface area contributed by atoms with Crippen LogP contribution in [0.25, 0.3) is 0 Å². The fraction of sp³-hybridized carbons (Fsp3) is 0.667. The van der Waals surface area contributed by atoms with E-state index in [0.717, 1.165) is 58.1 Å². The van der Waals surface area contributed by atoms with Crippen LogP contribution in [0.1, 0.15) is 37.9 Å². The standard InChI is InChI=1S/C21H36N4O2/c1-18(19-9-6-5-7-10-19)27-14-8-13-23-20(22-2)24-17-21(25(3)4)11-15-26-16-12-21/h5-7,9-10,18H,8,11-17H2,1-4H3,(H2,22,23,24). The summed E-state index contributed by atoms with van der Waals surface area (Å²) in [5.74, 6) is 0.846. The van der Waals surface area contributed by atoms with Gasteiger partial charge in [-0.25, -0.2) is 0 Å². The number of hydrogen-bond donors (Lipinski definition) is 2. The Bertz CT molecular complexity index is 557. The second kappa shape index (κ2) is 11.3. The zero-order valence-corrected chi connectivity index (χ0v) is 17.3. The van der Waals surface area contributed by atoms with E-state index in [2.05, 4.69) is 53.7 Å². The van der Waals surface area contributed by atoms with E-state index in [9.17, 15) is 0 Å². The molecule has 6 heteroatoms. The molecule has 6 nitrogen and oxygen atoms in total. The van der Waals surface area contributed by atoms with E-state index in [0.29, 0.717) is 0 Å². The highest BCUT2D eigenvalue weighted by Gasteiger charge is 2.34. The van der Waals surface area contributed by atoms with Gasteiger partial charge in [0.1, 0.15) is 0 Å². The normalized spacial score (nSPS) is 18.3. The van der Waals surface area contributed by atoms with Crippen molar-refractivity contribution < 1.29 is 9.47 Å². The lowest BCUT2D eigenvalue weighted by Crippen LogP contribution is -2.57. The molecule has 1 aromatic rings. The third kappa shape index (κ3) is 6.79. The van der Waals surface area contributed by atoms with Gasteiger partial charge in [0.15, 0.2) is 5.96 Å². The Morgan fingerprint density at radius 2 is 1.93 bits per heavy atom. The van der Waals surface area contributed by atoms with E-state index in [-0.39, 0.29) is 11.6 Å². The zero-order chi connectivity index (χ0) is 19.5. The summed E-state index contributed by atoms with van der Waals surface area (Å²) in [6.45, 7) is 6.16. The molecule has 0 aliphatic carbocycles. The van der Waals surface area contributed by atoms with E-state index in [1.807, 2.05) is 25.2 Å². The number of guanidine groups is 1. The number of ether oxygens (including phenoxy) is 2. The van der Waals surface area contributed by atoms with Gasteiger partial charge < -0.3 is 25.0 Å². The van der Waals surface area contributed by atoms with Gasteiger partial charge in [0.25, 0.3) is 0 Å². The highest BCUT2D eigenvalue weighted by molar-refractivity contribution is 5.79. The molecule has 1 fully saturated rings. The Kier molecular flexibility index (Phi) is 9.04. The van der Waals surface area contributed by atoms with Gasteiger partial charge in [0.2, 0.25) is 0 Å². The van der Waals surface area contributed by atoms with E-state index in [1.165, 1.54) is 5.56 Å². The van der Waals surface area contributed by atoms with Crippen molar-refractivity contribution in [3.8, 4) is 0 Å². The summed E-state index contributed by atoms with van der Waals surface area (Å²) in [5.41, 5.74) is 1.35. The number of nitrogens with zero attached hydrogens (tertiary/aromatic N) is 2. The Morgan fingerprint density at radius 1 is 1.22 bits per heavy atom. The molecule has 1 atom stereocenters. The maximum atomic E-state index is 5.93. The molecule has 0 bridgehead atoms. The lowest BCUT2D eigenvalue weighted by molar-refractivity contribution is -0.00501. The highest BCUT2D eigenvalue weighted by atomic mass is 16.5. The second-order valence-electron chi connectivity index (χ2n) is 7.36. The van der Waals surface area contributed by atoms with Gasteiger partial charge in [0, 0.05) is 45.5 Å². The van der Waals surface area contributed by atoms with Gasteiger partial charge in [0.05, 0.1) is 6.10 Å². The van der Waals surface area contributed by atoms with Crippen molar-refractivity contribution in [2.24, 2.45) is 4.99 Å². The third-order valence-corrected chi connectivity index (χ3v) is 5.43. The van der Waals surface area contributed by atoms with Gasteiger partial charge in [-0.05, 0) is 45.8 Å². The van der Waals surface area contributed by atoms with Crippen molar-refractivity contribution in [1.82, 2.24) is 15.5 Å². The first-order valence-electron chi connectivity index (χ1n) is 9.94. The molecule has 152 valence electrons. The van der Waals surface area contributed by atoms with Crippen LogP contribution in [0.2, 0.25) is 0 Å². The highest BCUT2D eigenvalue weighted by Crippen LogP contribution is 2.25. The minimum absolute atomic E-state index is 0.122. The molecule has 1 aliphatic heterocycles. The molecule has 0 saturated carbocycles. The number of rotatable bonds is 9. The summed E-state index contributed by atoms with van der Waals surface area (Å²) >= 11 is 0. The first-order valence-corrected chi connectivity index (χ1v) is 9.94. The van der Waals surface area contributed by atoms with Gasteiger partial charge >= 0.3 is 0 Å². The molecule has 27 heavy (non-hydrogen) atoms. The Morgan fingerprint density at radius 3 is 2.56 bits per heavy atom. The molecule has 0 aromatic heterocycles. The predicted molar refractivity (Wildman–Crippen MR) is 111 cm³/mol. The fourth-order valence-corrected chi connectivity index (χ4v) is 3.36. The van der Waals surface area contributed by atoms with Crippen molar-refractivity contribution in [3.63, 3.8) is 0 Å². The van der Waals surface area contributed by atoms with Crippen LogP contribution >= 0.6 is 0 Å². The number of hydrogen-bond acceptors (Lipinski definition) is 4. The van der Waals surface area contributed by atoms with Crippen molar-refractivity contribution in [3.05, 3.63) is 35.9 Å². The van der Waals surface area contributed by atoms with Gasteiger partial charge in [-0.1, -0.05) is 30.3 Å². The number of aliphatic imine (C=N–C) groups is 1. The molecule has 1 heterocycles. The molecule has 1 saturated heterocycles. The molecule has 0 spiro atoms. The largest absolute Gasteiger partial charge is 0.381 e. The fourth-order valence-electron chi connectivity index (χ4n) is 3.36. The maximum absolute atomic E-state index is 5.93. The van der Waals surface area contributed by atoms with E-state index >= 15 is 0 Å². The SMILES string of the molecule is CN=C(NCCCOC(C)c1ccccc1)NCC1(N(C)C)CCOCC1. The summed E-state index contributed by atoms with van der Waals surface area (Å²) in [7, 11) is 6.11. The minimum atomic E-state index is 0.122. The lowest BCUT2D eigenvalue weighted by atomic mass is 9.88. The van der Waals surface area contributed by atoms with Crippen LogP contribution in [0.4, 0.5) is 0 Å². The summed E-state index contributed by atoms with van der Waals surface area (Å²) in [5, 5.41) is 6.88. The van der Waals surface area contributed by atoms with Crippen LogP contribution < -0.4 is 10.6 Å². The van der Waals surface area contributed by atoms with E-state index < -0.39 is 0 Å². The predicted octanol–water partition coefficient (Wildman–Crippen LogP) is 2.43. The summed E-state index contributed by atoms with van der Waals surface area (Å²) < 4.78 is 11.5. The zero-order valence-electron chi connectivity index (χ0n) is 17.3. The van der Waals surface area contributed by atoms with Crippen molar-refractivity contribution in [1.29, 1.82) is 0 Å². The molecule has 1 unspecified atom stereocenters. The van der Waals surface area contributed by atoms with Crippen LogP contribution in [0.15, 0.2) is 35.3 Å². The summed E-state index contributed by atoms with van der Waals surface area (Å²) in [4.78, 5) is 6.66. The first-order chi connectivity index (χ1) is 13.1. The Balaban J connectivity index is 1.66. The molecule has 1 aliphatic rings. The molecule has 2 N–H and O–H groups in total. The minimum Gasteiger partial charge on any atom is -0.381 e. The average Bonchev–Trinajstić information content (AvgIpc) is 2.71. The van der Waals surface area contributed by atoms with Gasteiger partial charge in [-0.2, -0.15) is 0 Å². The monoisotopic (exact) mass is 376 g/mol. The Labute approximate surface area is 164 Å². The third-order valence-electron chi connectivity index (χ3n) is 5.43. The van der Waals surface area contributed by atoms with Crippen molar-refractivity contribution in [2.45, 2.75) is 37.8 Å². The van der Waals surface area contributed by atoms with E-state index in [4.69, 9.17) is 9.47 Å². The molecule has 2 rings (SSSR count). The van der Waals surface area contributed by atoms with E-state index in [1.54, 1.807) is 0 Å². The van der Waals surface area contributed by atoms with Gasteiger partial charge in [-0.3, -0.25) is 4.99 Å². The number of nitrogens with one attached hydrogen (secondary N) is 2. The van der Waals surface area contributed by atoms with Crippen molar-refractivity contribution in [2.75, 3.05) is 54.1 Å². The Hall–Kier alpha value is -1.63. The maximum Gasteiger partial charge on any atom is 0.191 e. The second-order valence-corrected chi connectivity index (χ2v) is 7.36. The quantitative estimate of drug-likeness (QED) is 0.394. The molecular formula is C21H36N4O2. The van der Waals surface area contributed by atoms with Crippen LogP contribution in [-0.2, 0) is 9.47 Å². The number of benzene rings is 1. The molecule has 1 aromatic carbocycles. The van der Waals surface area contributed by atoms with Crippen molar-refractivity contribution >= 4 is 5.96 Å². The first kappa shape index (κ1) is 21.7. The average molecular weight is 377 g/mol. The molecule has 0 amide bonds. The van der Waals surface area contributed by atoms with Crippen LogP contribution in [0.5, 0.6) is 0 Å².